The van der Waals surface area contributed by atoms with Gasteiger partial charge in [0.15, 0.2) is 0 Å². The summed E-state index contributed by atoms with van der Waals surface area (Å²) in [5.41, 5.74) is -0.126. The summed E-state index contributed by atoms with van der Waals surface area (Å²) in [6.07, 6.45) is 0. The Hall–Kier alpha value is -1.15. The van der Waals surface area contributed by atoms with E-state index in [0.717, 1.165) is 19.2 Å². The van der Waals surface area contributed by atoms with E-state index in [0.29, 0.717) is 6.54 Å². The summed E-state index contributed by atoms with van der Waals surface area (Å²) in [6.45, 7) is 6.58. The highest BCUT2D eigenvalue weighted by Gasteiger charge is 2.17. The number of nitrogens with zero attached hydrogens (tertiary/aromatic N) is 1. The SMILES string of the molecule is CCN(CC)CCNS(=O)(=O)c1ccc(C(=O)O)c(Cl)c1. The Kier molecular flexibility index (Phi) is 6.60. The highest BCUT2D eigenvalue weighted by Crippen LogP contribution is 2.20. The van der Waals surface area contributed by atoms with Crippen molar-refractivity contribution in [2.45, 2.75) is 18.7 Å². The van der Waals surface area contributed by atoms with E-state index < -0.39 is 16.0 Å². The molecule has 21 heavy (non-hydrogen) atoms. The van der Waals surface area contributed by atoms with Gasteiger partial charge in [0.25, 0.3) is 0 Å². The van der Waals surface area contributed by atoms with Gasteiger partial charge in [0.1, 0.15) is 0 Å². The van der Waals surface area contributed by atoms with Crippen LogP contribution in [0.15, 0.2) is 23.1 Å². The molecule has 0 unspecified atom stereocenters. The van der Waals surface area contributed by atoms with Crippen molar-refractivity contribution in [3.05, 3.63) is 28.8 Å². The molecule has 0 amide bonds. The molecule has 0 aliphatic heterocycles. The number of aromatic carboxylic acids is 1. The highest BCUT2D eigenvalue weighted by atomic mass is 35.5. The van der Waals surface area contributed by atoms with Gasteiger partial charge in [-0.3, -0.25) is 0 Å². The summed E-state index contributed by atoms with van der Waals surface area (Å²) in [5.74, 6) is -1.20. The van der Waals surface area contributed by atoms with Crippen LogP contribution in [0.2, 0.25) is 5.02 Å². The maximum absolute atomic E-state index is 12.1. The number of carboxylic acids is 1. The smallest absolute Gasteiger partial charge is 0.337 e. The van der Waals surface area contributed by atoms with E-state index in [9.17, 15) is 13.2 Å². The first-order valence-electron chi connectivity index (χ1n) is 6.56. The van der Waals surface area contributed by atoms with Crippen LogP contribution in [0.4, 0.5) is 0 Å². The standard InChI is InChI=1S/C13H19ClN2O4S/c1-3-16(4-2)8-7-15-21(19,20)10-5-6-11(13(17)18)12(14)9-10/h5-6,9,15H,3-4,7-8H2,1-2H3,(H,17,18). The van der Waals surface area contributed by atoms with Gasteiger partial charge >= 0.3 is 5.97 Å². The molecule has 0 fully saturated rings. The first-order chi connectivity index (χ1) is 9.81. The van der Waals surface area contributed by atoms with Crippen molar-refractivity contribution in [1.29, 1.82) is 0 Å². The number of carboxylic acid groups (broad SMARTS) is 1. The third-order valence-electron chi connectivity index (χ3n) is 3.10. The molecule has 0 bridgehead atoms. The molecule has 1 aromatic carbocycles. The number of sulfonamides is 1. The molecule has 2 N–H and O–H groups in total. The van der Waals surface area contributed by atoms with Gasteiger partial charge in [-0.1, -0.05) is 25.4 Å². The van der Waals surface area contributed by atoms with Crippen LogP contribution < -0.4 is 4.72 Å². The van der Waals surface area contributed by atoms with Crippen molar-refractivity contribution in [2.75, 3.05) is 26.2 Å². The molecule has 118 valence electrons. The van der Waals surface area contributed by atoms with Gasteiger partial charge in [-0.25, -0.2) is 17.9 Å². The molecule has 6 nitrogen and oxygen atoms in total. The number of rotatable bonds is 8. The monoisotopic (exact) mass is 334 g/mol. The Morgan fingerprint density at radius 1 is 1.33 bits per heavy atom. The van der Waals surface area contributed by atoms with Crippen LogP contribution >= 0.6 is 11.6 Å². The van der Waals surface area contributed by atoms with E-state index in [4.69, 9.17) is 16.7 Å². The van der Waals surface area contributed by atoms with Crippen LogP contribution in [0.1, 0.15) is 24.2 Å². The third kappa shape index (κ3) is 4.96. The summed E-state index contributed by atoms with van der Waals surface area (Å²) < 4.78 is 26.7. The average molecular weight is 335 g/mol. The summed E-state index contributed by atoms with van der Waals surface area (Å²) in [5, 5.41) is 8.76. The fourth-order valence-corrected chi connectivity index (χ4v) is 3.17. The number of carbonyl (C=O) groups is 1. The molecular weight excluding hydrogens is 316 g/mol. The zero-order chi connectivity index (χ0) is 16.0. The Balaban J connectivity index is 2.79. The van der Waals surface area contributed by atoms with Crippen LogP contribution in [-0.2, 0) is 10.0 Å². The second kappa shape index (κ2) is 7.74. The molecular formula is C13H19ClN2O4S. The van der Waals surface area contributed by atoms with Crippen molar-refractivity contribution < 1.29 is 18.3 Å². The Morgan fingerprint density at radius 2 is 1.95 bits per heavy atom. The number of nitrogens with one attached hydrogen (secondary N) is 1. The lowest BCUT2D eigenvalue weighted by Gasteiger charge is -2.18. The predicted octanol–water partition coefficient (Wildman–Crippen LogP) is 1.66. The van der Waals surface area contributed by atoms with E-state index in [1.54, 1.807) is 0 Å². The lowest BCUT2D eigenvalue weighted by Crippen LogP contribution is -2.34. The molecule has 1 aromatic rings. The Morgan fingerprint density at radius 3 is 2.43 bits per heavy atom. The summed E-state index contributed by atoms with van der Waals surface area (Å²) in [7, 11) is -3.69. The number of hydrogen-bond acceptors (Lipinski definition) is 4. The van der Waals surface area contributed by atoms with Crippen molar-refractivity contribution in [1.82, 2.24) is 9.62 Å². The summed E-state index contributed by atoms with van der Waals surface area (Å²) in [6, 6.07) is 3.56. The second-order valence-electron chi connectivity index (χ2n) is 4.37. The van der Waals surface area contributed by atoms with Gasteiger partial charge in [0.2, 0.25) is 10.0 Å². The molecule has 0 aliphatic carbocycles. The van der Waals surface area contributed by atoms with Crippen LogP contribution in [-0.4, -0.2) is 50.6 Å². The molecule has 0 heterocycles. The molecule has 0 aliphatic rings. The van der Waals surface area contributed by atoms with E-state index in [-0.39, 0.29) is 22.0 Å². The van der Waals surface area contributed by atoms with Crippen LogP contribution in [0.5, 0.6) is 0 Å². The minimum absolute atomic E-state index is 0.0444. The van der Waals surface area contributed by atoms with E-state index in [2.05, 4.69) is 9.62 Å². The minimum Gasteiger partial charge on any atom is -0.478 e. The molecule has 8 heteroatoms. The maximum atomic E-state index is 12.1. The summed E-state index contributed by atoms with van der Waals surface area (Å²) in [4.78, 5) is 12.9. The van der Waals surface area contributed by atoms with Crippen molar-refractivity contribution in [3.63, 3.8) is 0 Å². The van der Waals surface area contributed by atoms with Gasteiger partial charge in [-0.15, -0.1) is 0 Å². The Labute approximate surface area is 129 Å². The quantitative estimate of drug-likeness (QED) is 0.755. The van der Waals surface area contributed by atoms with Crippen LogP contribution in [0.3, 0.4) is 0 Å². The normalized spacial score (nSPS) is 11.8. The average Bonchev–Trinajstić information content (AvgIpc) is 2.43. The number of likely N-dealkylation sites (N-methyl/N-ethyl adjacent to an activating group) is 1. The third-order valence-corrected chi connectivity index (χ3v) is 4.87. The van der Waals surface area contributed by atoms with Crippen molar-refractivity contribution in [2.24, 2.45) is 0 Å². The predicted molar refractivity (Wildman–Crippen MR) is 81.4 cm³/mol. The molecule has 1 rings (SSSR count). The first kappa shape index (κ1) is 17.9. The highest BCUT2D eigenvalue weighted by molar-refractivity contribution is 7.89. The fraction of sp³-hybridized carbons (Fsp3) is 0.462. The van der Waals surface area contributed by atoms with Gasteiger partial charge in [-0.2, -0.15) is 0 Å². The molecule has 0 saturated heterocycles. The lowest BCUT2D eigenvalue weighted by molar-refractivity contribution is 0.0697. The van der Waals surface area contributed by atoms with E-state index >= 15 is 0 Å². The molecule has 0 atom stereocenters. The summed E-state index contributed by atoms with van der Waals surface area (Å²) >= 11 is 5.78. The molecule has 0 saturated carbocycles. The topological polar surface area (TPSA) is 86.7 Å². The minimum atomic E-state index is -3.69. The largest absolute Gasteiger partial charge is 0.478 e. The molecule has 0 radical (unpaired) electrons. The van der Waals surface area contributed by atoms with Gasteiger partial charge in [-0.05, 0) is 31.3 Å². The van der Waals surface area contributed by atoms with Crippen molar-refractivity contribution in [3.8, 4) is 0 Å². The van der Waals surface area contributed by atoms with Crippen molar-refractivity contribution >= 4 is 27.6 Å². The second-order valence-corrected chi connectivity index (χ2v) is 6.55. The number of benzene rings is 1. The molecule has 0 aromatic heterocycles. The first-order valence-corrected chi connectivity index (χ1v) is 8.42. The molecule has 0 spiro atoms. The van der Waals surface area contributed by atoms with Gasteiger partial charge < -0.3 is 10.0 Å². The number of halogens is 1. The van der Waals surface area contributed by atoms with Gasteiger partial charge in [0, 0.05) is 13.1 Å². The number of hydrogen-bond donors (Lipinski definition) is 2. The fourth-order valence-electron chi connectivity index (χ4n) is 1.80. The zero-order valence-corrected chi connectivity index (χ0v) is 13.5. The van der Waals surface area contributed by atoms with Crippen LogP contribution in [0, 0.1) is 0 Å². The maximum Gasteiger partial charge on any atom is 0.337 e. The Bertz CT molecular complexity index is 600. The zero-order valence-electron chi connectivity index (χ0n) is 12.0. The van der Waals surface area contributed by atoms with E-state index in [1.807, 2.05) is 13.8 Å². The van der Waals surface area contributed by atoms with Crippen LogP contribution in [0.25, 0.3) is 0 Å². The lowest BCUT2D eigenvalue weighted by atomic mass is 10.2. The van der Waals surface area contributed by atoms with E-state index in [1.165, 1.54) is 12.1 Å². The van der Waals surface area contributed by atoms with Gasteiger partial charge in [0.05, 0.1) is 15.5 Å².